The normalized spacial score (nSPS) is 9.95. The van der Waals surface area contributed by atoms with Crippen LogP contribution in [-0.4, -0.2) is 22.3 Å². The van der Waals surface area contributed by atoms with E-state index in [2.05, 4.69) is 16.9 Å². The Labute approximate surface area is 124 Å². The van der Waals surface area contributed by atoms with Crippen molar-refractivity contribution in [3.05, 3.63) is 47.3 Å². The van der Waals surface area contributed by atoms with Gasteiger partial charge in [-0.25, -0.2) is 0 Å². The Hall–Kier alpha value is -1.92. The van der Waals surface area contributed by atoms with E-state index in [9.17, 15) is 0 Å². The average molecular weight is 289 g/mol. The minimum atomic E-state index is 0.350. The van der Waals surface area contributed by atoms with Gasteiger partial charge in [0.15, 0.2) is 0 Å². The van der Waals surface area contributed by atoms with Gasteiger partial charge in [-0.15, -0.1) is 11.6 Å². The number of nitrogens with zero attached hydrogens (tertiary/aromatic N) is 2. The number of ether oxygens (including phenoxy) is 1. The fraction of sp³-hybridized carbons (Fsp3) is 0.312. The number of hydrogen-bond donors (Lipinski definition) is 0. The van der Waals surface area contributed by atoms with Crippen molar-refractivity contribution in [2.45, 2.75) is 13.3 Å². The third-order valence-electron chi connectivity index (χ3n) is 3.04. The van der Waals surface area contributed by atoms with Gasteiger partial charge in [-0.05, 0) is 36.8 Å². The summed E-state index contributed by atoms with van der Waals surface area (Å²) in [7, 11) is 1.93. The molecule has 0 radical (unpaired) electrons. The Bertz CT molecular complexity index is 637. The summed E-state index contributed by atoms with van der Waals surface area (Å²) in [5, 5.41) is 4.13. The first-order valence-electron chi connectivity index (χ1n) is 6.46. The molecule has 1 aromatic heterocycles. The summed E-state index contributed by atoms with van der Waals surface area (Å²) < 4.78 is 7.62. The van der Waals surface area contributed by atoms with Crippen molar-refractivity contribution >= 4 is 11.6 Å². The van der Waals surface area contributed by atoms with Crippen LogP contribution in [0.25, 0.3) is 0 Å². The monoisotopic (exact) mass is 288 g/mol. The van der Waals surface area contributed by atoms with Crippen LogP contribution >= 0.6 is 11.6 Å². The Balaban J connectivity index is 1.94. The van der Waals surface area contributed by atoms with Crippen molar-refractivity contribution in [3.63, 3.8) is 0 Å². The molecule has 2 aromatic rings. The molecule has 1 heterocycles. The molecule has 0 spiro atoms. The van der Waals surface area contributed by atoms with Crippen LogP contribution in [0, 0.1) is 18.8 Å². The molecule has 0 N–H and O–H groups in total. The number of hydrogen-bond acceptors (Lipinski definition) is 2. The molecule has 20 heavy (non-hydrogen) atoms. The molecule has 2 rings (SSSR count). The minimum absolute atomic E-state index is 0.350. The zero-order valence-electron chi connectivity index (χ0n) is 11.7. The molecule has 0 amide bonds. The highest BCUT2D eigenvalue weighted by atomic mass is 35.5. The van der Waals surface area contributed by atoms with E-state index in [4.69, 9.17) is 16.3 Å². The van der Waals surface area contributed by atoms with Gasteiger partial charge in [-0.2, -0.15) is 5.10 Å². The average Bonchev–Trinajstić information content (AvgIpc) is 2.84. The molecule has 0 atom stereocenters. The van der Waals surface area contributed by atoms with Crippen LogP contribution < -0.4 is 4.74 Å². The molecule has 0 bridgehead atoms. The number of rotatable bonds is 4. The lowest BCUT2D eigenvalue weighted by Crippen LogP contribution is -2.06. The predicted octanol–water partition coefficient (Wildman–Crippen LogP) is 2.94. The summed E-state index contributed by atoms with van der Waals surface area (Å²) >= 11 is 5.56. The van der Waals surface area contributed by atoms with E-state index in [1.807, 2.05) is 42.9 Å². The van der Waals surface area contributed by atoms with Crippen molar-refractivity contribution in [1.29, 1.82) is 0 Å². The maximum atomic E-state index is 5.76. The molecular weight excluding hydrogens is 272 g/mol. The molecule has 104 valence electrons. The third kappa shape index (κ3) is 3.79. The number of alkyl halides is 1. The second-order valence-corrected chi connectivity index (χ2v) is 4.72. The van der Waals surface area contributed by atoms with Gasteiger partial charge < -0.3 is 4.74 Å². The number of aromatic nitrogens is 2. The highest BCUT2D eigenvalue weighted by molar-refractivity contribution is 6.19. The first kappa shape index (κ1) is 14.5. The van der Waals surface area contributed by atoms with E-state index in [0.717, 1.165) is 29.0 Å². The molecule has 0 aliphatic rings. The van der Waals surface area contributed by atoms with Crippen LogP contribution in [0.3, 0.4) is 0 Å². The Morgan fingerprint density at radius 1 is 1.35 bits per heavy atom. The summed E-state index contributed by atoms with van der Waals surface area (Å²) in [4.78, 5) is 0. The molecule has 0 saturated carbocycles. The van der Waals surface area contributed by atoms with Crippen molar-refractivity contribution in [3.8, 4) is 17.6 Å². The Morgan fingerprint density at radius 2 is 2.20 bits per heavy atom. The molecule has 1 aromatic carbocycles. The maximum Gasteiger partial charge on any atom is 0.119 e. The van der Waals surface area contributed by atoms with E-state index in [0.29, 0.717) is 12.5 Å². The van der Waals surface area contributed by atoms with Crippen molar-refractivity contribution in [2.24, 2.45) is 7.05 Å². The highest BCUT2D eigenvalue weighted by Crippen LogP contribution is 2.17. The van der Waals surface area contributed by atoms with Crippen LogP contribution in [0.15, 0.2) is 30.5 Å². The van der Waals surface area contributed by atoms with Crippen LogP contribution in [0.4, 0.5) is 0 Å². The van der Waals surface area contributed by atoms with E-state index in [1.54, 1.807) is 6.20 Å². The maximum absolute atomic E-state index is 5.76. The Kier molecular flexibility index (Phi) is 5.09. The number of aryl methyl sites for hydroxylation is 2. The van der Waals surface area contributed by atoms with Crippen molar-refractivity contribution in [2.75, 3.05) is 12.5 Å². The van der Waals surface area contributed by atoms with Gasteiger partial charge >= 0.3 is 0 Å². The SMILES string of the molecule is Cc1cc(OCCc2ccnn2C)ccc1C#CCCl. The van der Waals surface area contributed by atoms with E-state index < -0.39 is 0 Å². The summed E-state index contributed by atoms with van der Waals surface area (Å²) in [5.74, 6) is 7.10. The summed E-state index contributed by atoms with van der Waals surface area (Å²) in [6.45, 7) is 2.65. The summed E-state index contributed by atoms with van der Waals surface area (Å²) in [6, 6.07) is 7.91. The number of benzene rings is 1. The summed E-state index contributed by atoms with van der Waals surface area (Å²) in [6.07, 6.45) is 2.63. The molecular formula is C16H17ClN2O. The first-order chi connectivity index (χ1) is 9.70. The second-order valence-electron chi connectivity index (χ2n) is 4.46. The molecule has 0 aliphatic carbocycles. The van der Waals surface area contributed by atoms with Crippen LogP contribution in [0.2, 0.25) is 0 Å². The fourth-order valence-electron chi connectivity index (χ4n) is 1.91. The van der Waals surface area contributed by atoms with Gasteiger partial charge in [0.25, 0.3) is 0 Å². The molecule has 0 fully saturated rings. The van der Waals surface area contributed by atoms with Crippen LogP contribution in [0.1, 0.15) is 16.8 Å². The zero-order valence-corrected chi connectivity index (χ0v) is 12.4. The van der Waals surface area contributed by atoms with Crippen LogP contribution in [0.5, 0.6) is 5.75 Å². The van der Waals surface area contributed by atoms with Crippen LogP contribution in [-0.2, 0) is 13.5 Å². The van der Waals surface area contributed by atoms with E-state index in [-0.39, 0.29) is 0 Å². The standard InChI is InChI=1S/C16H17ClN2O/c1-13-12-16(6-5-14(13)4-3-9-17)20-11-8-15-7-10-18-19(15)2/h5-7,10,12H,8-9,11H2,1-2H3. The lowest BCUT2D eigenvalue weighted by atomic mass is 10.1. The lowest BCUT2D eigenvalue weighted by molar-refractivity contribution is 0.318. The zero-order chi connectivity index (χ0) is 14.4. The molecule has 4 heteroatoms. The minimum Gasteiger partial charge on any atom is -0.493 e. The van der Waals surface area contributed by atoms with E-state index >= 15 is 0 Å². The summed E-state index contributed by atoms with van der Waals surface area (Å²) in [5.41, 5.74) is 3.25. The van der Waals surface area contributed by atoms with Gasteiger partial charge in [-0.1, -0.05) is 11.8 Å². The molecule has 0 aliphatic heterocycles. The van der Waals surface area contributed by atoms with Gasteiger partial charge in [-0.3, -0.25) is 4.68 Å². The quantitative estimate of drug-likeness (QED) is 0.639. The van der Waals surface area contributed by atoms with Gasteiger partial charge in [0, 0.05) is 30.9 Å². The number of halogens is 1. The highest BCUT2D eigenvalue weighted by Gasteiger charge is 2.01. The lowest BCUT2D eigenvalue weighted by Gasteiger charge is -2.08. The predicted molar refractivity (Wildman–Crippen MR) is 81.2 cm³/mol. The van der Waals surface area contributed by atoms with Crippen molar-refractivity contribution < 1.29 is 4.74 Å². The fourth-order valence-corrected chi connectivity index (χ4v) is 1.98. The van der Waals surface area contributed by atoms with Crippen molar-refractivity contribution in [1.82, 2.24) is 9.78 Å². The third-order valence-corrected chi connectivity index (χ3v) is 3.17. The molecule has 0 unspecified atom stereocenters. The topological polar surface area (TPSA) is 27.1 Å². The van der Waals surface area contributed by atoms with Gasteiger partial charge in [0.1, 0.15) is 5.75 Å². The smallest absolute Gasteiger partial charge is 0.119 e. The first-order valence-corrected chi connectivity index (χ1v) is 6.99. The van der Waals surface area contributed by atoms with Gasteiger partial charge in [0.05, 0.1) is 12.5 Å². The van der Waals surface area contributed by atoms with E-state index in [1.165, 1.54) is 0 Å². The molecule has 0 saturated heterocycles. The Morgan fingerprint density at radius 3 is 2.85 bits per heavy atom. The molecule has 3 nitrogen and oxygen atoms in total. The second kappa shape index (κ2) is 7.02. The largest absolute Gasteiger partial charge is 0.493 e. The van der Waals surface area contributed by atoms with Gasteiger partial charge in [0.2, 0.25) is 0 Å².